The number of anilines is 1. The highest BCUT2D eigenvalue weighted by atomic mass is 32.1. The molecule has 1 heterocycles. The van der Waals surface area contributed by atoms with Crippen LogP contribution in [0.25, 0.3) is 0 Å². The number of benzene rings is 3. The van der Waals surface area contributed by atoms with Gasteiger partial charge in [0.2, 0.25) is 5.91 Å². The Morgan fingerprint density at radius 1 is 0.765 bits per heavy atom. The molecule has 5 heteroatoms. The number of thiophene rings is 1. The van der Waals surface area contributed by atoms with E-state index in [0.29, 0.717) is 18.0 Å². The first kappa shape index (κ1) is 23.5. The van der Waals surface area contributed by atoms with Crippen LogP contribution < -0.4 is 4.90 Å². The first-order valence-corrected chi connectivity index (χ1v) is 12.2. The fourth-order valence-corrected chi connectivity index (χ4v) is 4.45. The second-order valence-electron chi connectivity index (χ2n) is 8.44. The number of carbonyl (C=O) groups excluding carboxylic acids is 2. The summed E-state index contributed by atoms with van der Waals surface area (Å²) >= 11 is 1.43. The van der Waals surface area contributed by atoms with Gasteiger partial charge in [0, 0.05) is 19.3 Å². The molecule has 0 saturated heterocycles. The summed E-state index contributed by atoms with van der Waals surface area (Å²) in [4.78, 5) is 30.5. The molecule has 3 aromatic carbocycles. The smallest absolute Gasteiger partial charge is 0.268 e. The Hall–Kier alpha value is -3.70. The van der Waals surface area contributed by atoms with Gasteiger partial charge >= 0.3 is 0 Å². The van der Waals surface area contributed by atoms with E-state index in [2.05, 4.69) is 24.3 Å². The molecule has 172 valence electrons. The number of carbonyl (C=O) groups is 2. The van der Waals surface area contributed by atoms with E-state index in [9.17, 15) is 9.59 Å². The normalized spacial score (nSPS) is 10.6. The van der Waals surface area contributed by atoms with Gasteiger partial charge in [0.1, 0.15) is 0 Å². The van der Waals surface area contributed by atoms with Gasteiger partial charge in [-0.05, 0) is 47.2 Å². The van der Waals surface area contributed by atoms with Gasteiger partial charge in [-0.2, -0.15) is 0 Å². The van der Waals surface area contributed by atoms with Gasteiger partial charge < -0.3 is 9.80 Å². The minimum absolute atomic E-state index is 0.0377. The van der Waals surface area contributed by atoms with Crippen LogP contribution in [0.1, 0.15) is 31.9 Å². The van der Waals surface area contributed by atoms with E-state index < -0.39 is 0 Å². The zero-order chi connectivity index (χ0) is 23.9. The van der Waals surface area contributed by atoms with Crippen molar-refractivity contribution in [1.29, 1.82) is 0 Å². The molecule has 4 nitrogen and oxygen atoms in total. The largest absolute Gasteiger partial charge is 0.341 e. The second kappa shape index (κ2) is 10.9. The molecule has 0 spiro atoms. The van der Waals surface area contributed by atoms with E-state index >= 15 is 0 Å². The van der Waals surface area contributed by atoms with Crippen molar-refractivity contribution in [2.75, 3.05) is 11.9 Å². The predicted molar refractivity (Wildman–Crippen MR) is 139 cm³/mol. The standard InChI is InChI=1S/C29H28N2O2S/c1-22-13-15-24(16-14-22)21-31(29(33)27-12-7-17-34-27)26-11-6-10-25(18-26)19-28(32)30(2)20-23-8-4-3-5-9-23/h3-18H,19-21H2,1-2H3. The highest BCUT2D eigenvalue weighted by molar-refractivity contribution is 7.12. The number of rotatable bonds is 8. The van der Waals surface area contributed by atoms with Gasteiger partial charge in [-0.15, -0.1) is 11.3 Å². The Labute approximate surface area is 205 Å². The third-order valence-corrected chi connectivity index (χ3v) is 6.56. The van der Waals surface area contributed by atoms with Gasteiger partial charge in [0.05, 0.1) is 17.8 Å². The molecule has 1 aromatic heterocycles. The van der Waals surface area contributed by atoms with Gasteiger partial charge in [0.25, 0.3) is 5.91 Å². The molecule has 4 rings (SSSR count). The Morgan fingerprint density at radius 3 is 2.18 bits per heavy atom. The van der Waals surface area contributed by atoms with Crippen LogP contribution in [-0.2, 0) is 24.3 Å². The van der Waals surface area contributed by atoms with Crippen LogP contribution in [0.3, 0.4) is 0 Å². The number of nitrogens with zero attached hydrogens (tertiary/aromatic N) is 2. The van der Waals surface area contributed by atoms with Gasteiger partial charge in [-0.1, -0.05) is 78.4 Å². The second-order valence-corrected chi connectivity index (χ2v) is 9.38. The summed E-state index contributed by atoms with van der Waals surface area (Å²) in [6.07, 6.45) is 0.280. The van der Waals surface area contributed by atoms with Crippen molar-refractivity contribution in [2.45, 2.75) is 26.4 Å². The van der Waals surface area contributed by atoms with Gasteiger partial charge in [0.15, 0.2) is 0 Å². The fourth-order valence-electron chi connectivity index (χ4n) is 3.78. The average Bonchev–Trinajstić information content (AvgIpc) is 3.39. The van der Waals surface area contributed by atoms with Crippen molar-refractivity contribution in [2.24, 2.45) is 0 Å². The molecule has 0 bridgehead atoms. The van der Waals surface area contributed by atoms with Gasteiger partial charge in [-0.25, -0.2) is 0 Å². The number of hydrogen-bond donors (Lipinski definition) is 0. The van der Waals surface area contributed by atoms with Crippen LogP contribution in [0, 0.1) is 6.92 Å². The molecular formula is C29H28N2O2S. The molecule has 0 radical (unpaired) electrons. The Kier molecular flexibility index (Phi) is 7.55. The van der Waals surface area contributed by atoms with Crippen LogP contribution >= 0.6 is 11.3 Å². The number of amides is 2. The molecule has 34 heavy (non-hydrogen) atoms. The third kappa shape index (κ3) is 6.00. The quantitative estimate of drug-likeness (QED) is 0.313. The van der Waals surface area contributed by atoms with Crippen LogP contribution in [0.5, 0.6) is 0 Å². The lowest BCUT2D eigenvalue weighted by Gasteiger charge is -2.24. The lowest BCUT2D eigenvalue weighted by Crippen LogP contribution is -2.30. The van der Waals surface area contributed by atoms with Crippen molar-refractivity contribution in [3.05, 3.63) is 124 Å². The van der Waals surface area contributed by atoms with E-state index in [0.717, 1.165) is 22.4 Å². The third-order valence-electron chi connectivity index (χ3n) is 5.70. The molecule has 0 aliphatic carbocycles. The maximum absolute atomic E-state index is 13.4. The topological polar surface area (TPSA) is 40.6 Å². The van der Waals surface area contributed by atoms with Crippen molar-refractivity contribution >= 4 is 28.8 Å². The van der Waals surface area contributed by atoms with E-state index in [4.69, 9.17) is 0 Å². The predicted octanol–water partition coefficient (Wildman–Crippen LogP) is 6.10. The molecule has 2 amide bonds. The number of aryl methyl sites for hydroxylation is 1. The minimum atomic E-state index is -0.0414. The van der Waals surface area contributed by atoms with Crippen LogP contribution in [0.2, 0.25) is 0 Å². The summed E-state index contributed by atoms with van der Waals surface area (Å²) in [5.74, 6) is -0.00378. The summed E-state index contributed by atoms with van der Waals surface area (Å²) < 4.78 is 0. The zero-order valence-corrected chi connectivity index (χ0v) is 20.3. The number of hydrogen-bond acceptors (Lipinski definition) is 3. The molecule has 0 aliphatic heterocycles. The molecular weight excluding hydrogens is 440 g/mol. The van der Waals surface area contributed by atoms with Gasteiger partial charge in [-0.3, -0.25) is 9.59 Å². The molecule has 0 aliphatic rings. The highest BCUT2D eigenvalue weighted by Gasteiger charge is 2.20. The summed E-state index contributed by atoms with van der Waals surface area (Å²) in [5.41, 5.74) is 5.00. The first-order chi connectivity index (χ1) is 16.5. The van der Waals surface area contributed by atoms with Crippen molar-refractivity contribution in [3.8, 4) is 0 Å². The monoisotopic (exact) mass is 468 g/mol. The molecule has 4 aromatic rings. The SMILES string of the molecule is Cc1ccc(CN(C(=O)c2cccs2)c2cccc(CC(=O)N(C)Cc3ccccc3)c2)cc1. The molecule has 0 N–H and O–H groups in total. The number of likely N-dealkylation sites (N-methyl/N-ethyl adjacent to an activating group) is 1. The summed E-state index contributed by atoms with van der Waals surface area (Å²) in [6.45, 7) is 3.08. The maximum Gasteiger partial charge on any atom is 0.268 e. The van der Waals surface area contributed by atoms with Crippen molar-refractivity contribution < 1.29 is 9.59 Å². The average molecular weight is 469 g/mol. The van der Waals surface area contributed by atoms with Crippen LogP contribution in [0.15, 0.2) is 96.4 Å². The lowest BCUT2D eigenvalue weighted by molar-refractivity contribution is -0.129. The van der Waals surface area contributed by atoms with E-state index in [-0.39, 0.29) is 18.2 Å². The maximum atomic E-state index is 13.4. The summed E-state index contributed by atoms with van der Waals surface area (Å²) in [6, 6.07) is 29.7. The summed E-state index contributed by atoms with van der Waals surface area (Å²) in [7, 11) is 1.82. The Balaban J connectivity index is 1.54. The zero-order valence-electron chi connectivity index (χ0n) is 19.5. The van der Waals surface area contributed by atoms with E-state index in [1.165, 1.54) is 16.9 Å². The fraction of sp³-hybridized carbons (Fsp3) is 0.172. The Morgan fingerprint density at radius 2 is 1.47 bits per heavy atom. The Bertz CT molecular complexity index is 1230. The van der Waals surface area contributed by atoms with Crippen LogP contribution in [0.4, 0.5) is 5.69 Å². The van der Waals surface area contributed by atoms with Crippen LogP contribution in [-0.4, -0.2) is 23.8 Å². The van der Waals surface area contributed by atoms with Crippen molar-refractivity contribution in [3.63, 3.8) is 0 Å². The molecule has 0 fully saturated rings. The lowest BCUT2D eigenvalue weighted by atomic mass is 10.1. The minimum Gasteiger partial charge on any atom is -0.341 e. The van der Waals surface area contributed by atoms with E-state index in [1.807, 2.05) is 86.1 Å². The highest BCUT2D eigenvalue weighted by Crippen LogP contribution is 2.24. The molecule has 0 atom stereocenters. The molecule has 0 unspecified atom stereocenters. The summed E-state index contributed by atoms with van der Waals surface area (Å²) in [5, 5.41) is 1.91. The molecule has 0 saturated carbocycles. The first-order valence-electron chi connectivity index (χ1n) is 11.3. The van der Waals surface area contributed by atoms with E-state index in [1.54, 1.807) is 9.80 Å². The van der Waals surface area contributed by atoms with Crippen molar-refractivity contribution in [1.82, 2.24) is 4.90 Å².